The van der Waals surface area contributed by atoms with E-state index in [0.717, 1.165) is 5.69 Å². The van der Waals surface area contributed by atoms with Crippen molar-refractivity contribution in [2.75, 3.05) is 0 Å². The first-order chi connectivity index (χ1) is 8.68. The number of para-hydroxylation sites is 1. The van der Waals surface area contributed by atoms with Gasteiger partial charge in [0.15, 0.2) is 0 Å². The number of rotatable bonds is 5. The lowest BCUT2D eigenvalue weighted by Crippen LogP contribution is -2.15. The van der Waals surface area contributed by atoms with Crippen LogP contribution in [0.1, 0.15) is 11.3 Å². The highest BCUT2D eigenvalue weighted by Gasteiger charge is 2.11. The van der Waals surface area contributed by atoms with Crippen LogP contribution >= 0.6 is 0 Å². The fourth-order valence-corrected chi connectivity index (χ4v) is 1.84. The summed E-state index contributed by atoms with van der Waals surface area (Å²) < 4.78 is 2.02. The van der Waals surface area contributed by atoms with Crippen molar-refractivity contribution >= 4 is 5.69 Å². The lowest BCUT2D eigenvalue weighted by Gasteiger charge is -2.06. The van der Waals surface area contributed by atoms with Gasteiger partial charge in [0.1, 0.15) is 0 Å². The molecule has 0 radical (unpaired) electrons. The van der Waals surface area contributed by atoms with Gasteiger partial charge in [0.2, 0.25) is 0 Å². The first-order valence-corrected chi connectivity index (χ1v) is 5.71. The van der Waals surface area contributed by atoms with Crippen molar-refractivity contribution in [3.63, 3.8) is 0 Å². The summed E-state index contributed by atoms with van der Waals surface area (Å²) in [6.07, 6.45) is 1.97. The van der Waals surface area contributed by atoms with Crippen LogP contribution in [0.3, 0.4) is 0 Å². The number of aryl methyl sites for hydroxylation is 1. The standard InChI is InChI=1S/C13H15N3O2/c1-15-8-4-6-12(15)10-14-9-11-5-2-3-7-13(11)16(17)18/h2-8,14H,9-10H2,1H3. The van der Waals surface area contributed by atoms with E-state index in [1.807, 2.05) is 36.0 Å². The first kappa shape index (κ1) is 12.3. The van der Waals surface area contributed by atoms with E-state index in [4.69, 9.17) is 0 Å². The molecule has 0 amide bonds. The van der Waals surface area contributed by atoms with Gasteiger partial charge in [0.05, 0.1) is 4.92 Å². The van der Waals surface area contributed by atoms with Crippen LogP contribution in [0.2, 0.25) is 0 Å². The van der Waals surface area contributed by atoms with Crippen LogP contribution in [0.4, 0.5) is 5.69 Å². The number of benzene rings is 1. The second-order valence-corrected chi connectivity index (χ2v) is 4.10. The molecule has 2 rings (SSSR count). The van der Waals surface area contributed by atoms with Crippen molar-refractivity contribution in [2.45, 2.75) is 13.1 Å². The minimum Gasteiger partial charge on any atom is -0.353 e. The molecule has 0 saturated carbocycles. The van der Waals surface area contributed by atoms with Crippen molar-refractivity contribution in [3.05, 3.63) is 64.0 Å². The Bertz CT molecular complexity index is 549. The zero-order chi connectivity index (χ0) is 13.0. The van der Waals surface area contributed by atoms with Gasteiger partial charge in [-0.15, -0.1) is 0 Å². The molecule has 1 aromatic carbocycles. The van der Waals surface area contributed by atoms with E-state index >= 15 is 0 Å². The summed E-state index contributed by atoms with van der Waals surface area (Å²) in [7, 11) is 1.97. The Morgan fingerprint density at radius 1 is 1.22 bits per heavy atom. The Morgan fingerprint density at radius 2 is 2.00 bits per heavy atom. The highest BCUT2D eigenvalue weighted by atomic mass is 16.6. The van der Waals surface area contributed by atoms with E-state index in [0.29, 0.717) is 18.7 Å². The molecule has 94 valence electrons. The summed E-state index contributed by atoms with van der Waals surface area (Å²) in [5, 5.41) is 14.1. The van der Waals surface area contributed by atoms with Gasteiger partial charge < -0.3 is 9.88 Å². The third-order valence-corrected chi connectivity index (χ3v) is 2.86. The zero-order valence-corrected chi connectivity index (χ0v) is 10.2. The zero-order valence-electron chi connectivity index (χ0n) is 10.2. The largest absolute Gasteiger partial charge is 0.353 e. The fourth-order valence-electron chi connectivity index (χ4n) is 1.84. The van der Waals surface area contributed by atoms with Crippen molar-refractivity contribution < 1.29 is 4.92 Å². The van der Waals surface area contributed by atoms with Gasteiger partial charge >= 0.3 is 0 Å². The first-order valence-electron chi connectivity index (χ1n) is 5.71. The number of hydrogen-bond acceptors (Lipinski definition) is 3. The second kappa shape index (κ2) is 5.46. The molecular weight excluding hydrogens is 230 g/mol. The summed E-state index contributed by atoms with van der Waals surface area (Å²) in [5.74, 6) is 0. The molecule has 0 unspecified atom stereocenters. The van der Waals surface area contributed by atoms with Gasteiger partial charge in [-0.05, 0) is 12.1 Å². The predicted molar refractivity (Wildman–Crippen MR) is 69.1 cm³/mol. The second-order valence-electron chi connectivity index (χ2n) is 4.10. The van der Waals surface area contributed by atoms with Crippen molar-refractivity contribution in [2.24, 2.45) is 7.05 Å². The summed E-state index contributed by atoms with van der Waals surface area (Å²) in [5.41, 5.74) is 2.02. The van der Waals surface area contributed by atoms with E-state index in [-0.39, 0.29) is 10.6 Å². The monoisotopic (exact) mass is 245 g/mol. The van der Waals surface area contributed by atoms with Gasteiger partial charge in [-0.25, -0.2) is 0 Å². The molecule has 5 heteroatoms. The smallest absolute Gasteiger partial charge is 0.273 e. The number of nitrogens with one attached hydrogen (secondary N) is 1. The molecule has 0 fully saturated rings. The molecule has 0 aliphatic carbocycles. The maximum absolute atomic E-state index is 10.8. The molecule has 0 spiro atoms. The minimum absolute atomic E-state index is 0.164. The lowest BCUT2D eigenvalue weighted by molar-refractivity contribution is -0.385. The Hall–Kier alpha value is -2.14. The third kappa shape index (κ3) is 2.75. The van der Waals surface area contributed by atoms with E-state index in [2.05, 4.69) is 5.32 Å². The van der Waals surface area contributed by atoms with Crippen LogP contribution < -0.4 is 5.32 Å². The average Bonchev–Trinajstić information content (AvgIpc) is 2.76. The Balaban J connectivity index is 1.99. The molecule has 0 atom stereocenters. The number of aromatic nitrogens is 1. The van der Waals surface area contributed by atoms with Crippen LogP contribution in [0.15, 0.2) is 42.6 Å². The summed E-state index contributed by atoms with van der Waals surface area (Å²) >= 11 is 0. The molecule has 5 nitrogen and oxygen atoms in total. The predicted octanol–water partition coefficient (Wildman–Crippen LogP) is 2.22. The Kier molecular flexibility index (Phi) is 3.74. The van der Waals surface area contributed by atoms with E-state index in [1.54, 1.807) is 12.1 Å². The van der Waals surface area contributed by atoms with E-state index < -0.39 is 0 Å². The van der Waals surface area contributed by atoms with Crippen LogP contribution in [0, 0.1) is 10.1 Å². The highest BCUT2D eigenvalue weighted by Crippen LogP contribution is 2.17. The number of nitrogens with zero attached hydrogens (tertiary/aromatic N) is 2. The molecule has 0 bridgehead atoms. The van der Waals surface area contributed by atoms with Crippen LogP contribution in [0.25, 0.3) is 0 Å². The van der Waals surface area contributed by atoms with Gasteiger partial charge in [0.25, 0.3) is 5.69 Å². The molecular formula is C13H15N3O2. The van der Waals surface area contributed by atoms with Crippen molar-refractivity contribution in [3.8, 4) is 0 Å². The van der Waals surface area contributed by atoms with Gasteiger partial charge in [-0.3, -0.25) is 10.1 Å². The van der Waals surface area contributed by atoms with E-state index in [1.165, 1.54) is 6.07 Å². The van der Waals surface area contributed by atoms with Gasteiger partial charge in [-0.1, -0.05) is 18.2 Å². The number of hydrogen-bond donors (Lipinski definition) is 1. The van der Waals surface area contributed by atoms with Gasteiger partial charge in [-0.2, -0.15) is 0 Å². The van der Waals surface area contributed by atoms with E-state index in [9.17, 15) is 10.1 Å². The third-order valence-electron chi connectivity index (χ3n) is 2.86. The molecule has 1 N–H and O–H groups in total. The summed E-state index contributed by atoms with van der Waals surface area (Å²) in [4.78, 5) is 10.5. The maximum Gasteiger partial charge on any atom is 0.273 e. The Morgan fingerprint density at radius 3 is 2.67 bits per heavy atom. The average molecular weight is 245 g/mol. The lowest BCUT2D eigenvalue weighted by atomic mass is 10.2. The quantitative estimate of drug-likeness (QED) is 0.649. The molecule has 0 aliphatic heterocycles. The normalized spacial score (nSPS) is 10.5. The SMILES string of the molecule is Cn1cccc1CNCc1ccccc1[N+](=O)[O-]. The number of nitro benzene ring substituents is 1. The van der Waals surface area contributed by atoms with Gasteiger partial charge in [0, 0.05) is 43.7 Å². The molecule has 0 saturated heterocycles. The maximum atomic E-state index is 10.8. The summed E-state index contributed by atoms with van der Waals surface area (Å²) in [6.45, 7) is 1.18. The summed E-state index contributed by atoms with van der Waals surface area (Å²) in [6, 6.07) is 10.8. The Labute approximate surface area is 105 Å². The highest BCUT2D eigenvalue weighted by molar-refractivity contribution is 5.39. The van der Waals surface area contributed by atoms with Crippen molar-refractivity contribution in [1.29, 1.82) is 0 Å². The molecule has 1 heterocycles. The number of nitro groups is 1. The fraction of sp³-hybridized carbons (Fsp3) is 0.231. The minimum atomic E-state index is -0.348. The molecule has 18 heavy (non-hydrogen) atoms. The molecule has 1 aromatic heterocycles. The van der Waals surface area contributed by atoms with Crippen LogP contribution in [0.5, 0.6) is 0 Å². The van der Waals surface area contributed by atoms with Crippen molar-refractivity contribution in [1.82, 2.24) is 9.88 Å². The molecule has 2 aromatic rings. The van der Waals surface area contributed by atoms with Crippen LogP contribution in [-0.2, 0) is 20.1 Å². The molecule has 0 aliphatic rings. The van der Waals surface area contributed by atoms with Crippen LogP contribution in [-0.4, -0.2) is 9.49 Å². The topological polar surface area (TPSA) is 60.1 Å².